The highest BCUT2D eigenvalue weighted by Gasteiger charge is 2.52. The average Bonchev–Trinajstić information content (AvgIpc) is 3.47. The maximum absolute atomic E-state index is 13.6. The number of rotatable bonds is 7. The molecule has 3 fully saturated rings. The molecule has 0 bridgehead atoms. The first-order valence-electron chi connectivity index (χ1n) is 12.8. The zero-order valence-corrected chi connectivity index (χ0v) is 20.4. The summed E-state index contributed by atoms with van der Waals surface area (Å²) in [6, 6.07) is 5.72. The van der Waals surface area contributed by atoms with Gasteiger partial charge in [-0.3, -0.25) is 14.4 Å². The quantitative estimate of drug-likeness (QED) is 0.569. The van der Waals surface area contributed by atoms with Crippen LogP contribution in [0.2, 0.25) is 0 Å². The standard InChI is InChI=1S/C26H27F3N6O3/c27-26(28,29)25(38)33-19(10-14-8-9-14)24(37)35-13-16-5-3-7-18(16)22(35)23(36)32-20(11-30)21-17-6-2-1-4-15(17)12-31-34-21/h1-2,4,6,12,14,16,18-20,22H,3,5,7-10,13H2,(H,32,36)(H,33,38)/t16-,18-,19?,20?,22-/m0/s1. The molecule has 2 aliphatic carbocycles. The Morgan fingerprint density at radius 3 is 2.61 bits per heavy atom. The summed E-state index contributed by atoms with van der Waals surface area (Å²) in [5, 5.41) is 23.9. The lowest BCUT2D eigenvalue weighted by atomic mass is 9.93. The lowest BCUT2D eigenvalue weighted by Crippen LogP contribution is -2.56. The largest absolute Gasteiger partial charge is 0.471 e. The molecule has 2 N–H and O–H groups in total. The van der Waals surface area contributed by atoms with E-state index in [1.165, 1.54) is 4.90 Å². The number of benzene rings is 1. The highest BCUT2D eigenvalue weighted by Crippen LogP contribution is 2.43. The minimum absolute atomic E-state index is 0.0208. The molecular formula is C26H27F3N6O3. The molecule has 3 amide bonds. The van der Waals surface area contributed by atoms with Crippen molar-refractivity contribution in [3.05, 3.63) is 36.2 Å². The van der Waals surface area contributed by atoms with E-state index in [1.54, 1.807) is 24.4 Å². The van der Waals surface area contributed by atoms with Gasteiger partial charge in [0.1, 0.15) is 17.8 Å². The van der Waals surface area contributed by atoms with Crippen LogP contribution in [-0.2, 0) is 14.4 Å². The number of nitrogens with one attached hydrogen (secondary N) is 2. The fourth-order valence-electron chi connectivity index (χ4n) is 5.87. The molecule has 2 heterocycles. The van der Waals surface area contributed by atoms with Gasteiger partial charge in [-0.15, -0.1) is 0 Å². The molecule has 1 aromatic carbocycles. The Labute approximate surface area is 216 Å². The number of nitriles is 1. The number of hydrogen-bond acceptors (Lipinski definition) is 6. The summed E-state index contributed by atoms with van der Waals surface area (Å²) < 4.78 is 39.0. The minimum atomic E-state index is -5.13. The Morgan fingerprint density at radius 1 is 1.13 bits per heavy atom. The van der Waals surface area contributed by atoms with Crippen LogP contribution in [0, 0.1) is 29.1 Å². The summed E-state index contributed by atoms with van der Waals surface area (Å²) in [6.45, 7) is 0.218. The number of carbonyl (C=O) groups is 3. The van der Waals surface area contributed by atoms with Crippen molar-refractivity contribution >= 4 is 28.5 Å². The van der Waals surface area contributed by atoms with Crippen molar-refractivity contribution in [1.29, 1.82) is 5.26 Å². The zero-order valence-electron chi connectivity index (χ0n) is 20.4. The topological polar surface area (TPSA) is 128 Å². The first kappa shape index (κ1) is 25.9. The van der Waals surface area contributed by atoms with Gasteiger partial charge in [0.05, 0.1) is 12.3 Å². The second kappa shape index (κ2) is 10.2. The molecule has 2 saturated carbocycles. The van der Waals surface area contributed by atoms with E-state index in [2.05, 4.69) is 15.5 Å². The number of nitrogens with zero attached hydrogens (tertiary/aromatic N) is 4. The monoisotopic (exact) mass is 528 g/mol. The molecule has 1 aromatic heterocycles. The molecule has 2 unspecified atom stereocenters. The van der Waals surface area contributed by atoms with Gasteiger partial charge in [0.25, 0.3) is 0 Å². The third-order valence-corrected chi connectivity index (χ3v) is 7.86. The smallest absolute Gasteiger partial charge is 0.336 e. The van der Waals surface area contributed by atoms with Crippen LogP contribution in [-0.4, -0.2) is 57.6 Å². The minimum Gasteiger partial charge on any atom is -0.336 e. The van der Waals surface area contributed by atoms with Gasteiger partial charge < -0.3 is 15.5 Å². The van der Waals surface area contributed by atoms with Crippen molar-refractivity contribution in [1.82, 2.24) is 25.7 Å². The van der Waals surface area contributed by atoms with Gasteiger partial charge in [-0.1, -0.05) is 43.5 Å². The van der Waals surface area contributed by atoms with Gasteiger partial charge in [-0.05, 0) is 37.0 Å². The van der Waals surface area contributed by atoms with Crippen LogP contribution in [0.3, 0.4) is 0 Å². The van der Waals surface area contributed by atoms with Crippen molar-refractivity contribution in [2.24, 2.45) is 17.8 Å². The second-order valence-corrected chi connectivity index (χ2v) is 10.4. The third-order valence-electron chi connectivity index (χ3n) is 7.86. The number of halogens is 3. The van der Waals surface area contributed by atoms with E-state index in [9.17, 15) is 32.8 Å². The van der Waals surface area contributed by atoms with E-state index < -0.39 is 42.0 Å². The summed E-state index contributed by atoms with van der Waals surface area (Å²) in [4.78, 5) is 40.3. The lowest BCUT2D eigenvalue weighted by Gasteiger charge is -2.31. The summed E-state index contributed by atoms with van der Waals surface area (Å²) in [5.41, 5.74) is 0.266. The van der Waals surface area contributed by atoms with Gasteiger partial charge in [-0.25, -0.2) is 0 Å². The molecule has 0 spiro atoms. The number of hydrogen-bond donors (Lipinski definition) is 2. The van der Waals surface area contributed by atoms with Gasteiger partial charge in [0, 0.05) is 17.3 Å². The lowest BCUT2D eigenvalue weighted by molar-refractivity contribution is -0.175. The normalized spacial score (nSPS) is 24.4. The molecule has 5 rings (SSSR count). The Kier molecular flexibility index (Phi) is 6.94. The Balaban J connectivity index is 1.40. The highest BCUT2D eigenvalue weighted by atomic mass is 19.4. The van der Waals surface area contributed by atoms with Crippen LogP contribution in [0.1, 0.15) is 50.3 Å². The summed E-state index contributed by atoms with van der Waals surface area (Å²) in [6.07, 6.45) is 0.399. The van der Waals surface area contributed by atoms with Crippen LogP contribution >= 0.6 is 0 Å². The molecule has 38 heavy (non-hydrogen) atoms. The van der Waals surface area contributed by atoms with Crippen LogP contribution in [0.25, 0.3) is 10.8 Å². The summed E-state index contributed by atoms with van der Waals surface area (Å²) >= 11 is 0. The van der Waals surface area contributed by atoms with E-state index in [1.807, 2.05) is 17.5 Å². The molecule has 1 saturated heterocycles. The average molecular weight is 529 g/mol. The second-order valence-electron chi connectivity index (χ2n) is 10.4. The van der Waals surface area contributed by atoms with Crippen LogP contribution in [0.4, 0.5) is 13.2 Å². The van der Waals surface area contributed by atoms with E-state index in [4.69, 9.17) is 0 Å². The third kappa shape index (κ3) is 5.14. The predicted octanol–water partition coefficient (Wildman–Crippen LogP) is 2.78. The van der Waals surface area contributed by atoms with Crippen LogP contribution < -0.4 is 10.6 Å². The maximum atomic E-state index is 13.6. The molecule has 12 heteroatoms. The number of aromatic nitrogens is 2. The Bertz CT molecular complexity index is 1290. The first-order chi connectivity index (χ1) is 18.2. The number of carbonyl (C=O) groups excluding carboxylic acids is 3. The zero-order chi connectivity index (χ0) is 27.0. The molecule has 1 aliphatic heterocycles. The number of likely N-dealkylation sites (tertiary alicyclic amines) is 1. The van der Waals surface area contributed by atoms with E-state index in [0.29, 0.717) is 11.8 Å². The SMILES string of the molecule is N#CC(NC(=O)[C@@H]1[C@H]2CCC[C@H]2CN1C(=O)C(CC1CC1)NC(=O)C(F)(F)F)c1nncc2ccccc12. The van der Waals surface area contributed by atoms with Crippen molar-refractivity contribution in [2.75, 3.05) is 6.54 Å². The van der Waals surface area contributed by atoms with Gasteiger partial charge >= 0.3 is 12.1 Å². The maximum Gasteiger partial charge on any atom is 0.471 e. The molecule has 0 radical (unpaired) electrons. The van der Waals surface area contributed by atoms with E-state index >= 15 is 0 Å². The highest BCUT2D eigenvalue weighted by molar-refractivity contribution is 5.94. The van der Waals surface area contributed by atoms with E-state index in [0.717, 1.165) is 31.1 Å². The molecule has 2 aromatic rings. The fourth-order valence-corrected chi connectivity index (χ4v) is 5.87. The summed E-state index contributed by atoms with van der Waals surface area (Å²) in [7, 11) is 0. The number of fused-ring (bicyclic) bond motifs is 2. The number of amides is 3. The van der Waals surface area contributed by atoms with Crippen molar-refractivity contribution in [3.8, 4) is 6.07 Å². The molecule has 3 aliphatic rings. The fraction of sp³-hybridized carbons (Fsp3) is 0.538. The molecule has 200 valence electrons. The van der Waals surface area contributed by atoms with Crippen LogP contribution in [0.5, 0.6) is 0 Å². The van der Waals surface area contributed by atoms with Gasteiger partial charge in [0.2, 0.25) is 11.8 Å². The predicted molar refractivity (Wildman–Crippen MR) is 128 cm³/mol. The number of alkyl halides is 3. The molecular weight excluding hydrogens is 501 g/mol. The van der Waals surface area contributed by atoms with Gasteiger partial charge in [-0.2, -0.15) is 28.6 Å². The molecule has 5 atom stereocenters. The first-order valence-corrected chi connectivity index (χ1v) is 12.8. The van der Waals surface area contributed by atoms with Crippen molar-refractivity contribution in [3.63, 3.8) is 0 Å². The van der Waals surface area contributed by atoms with Crippen molar-refractivity contribution in [2.45, 2.75) is 62.8 Å². The Morgan fingerprint density at radius 2 is 1.89 bits per heavy atom. The summed E-state index contributed by atoms with van der Waals surface area (Å²) in [5.74, 6) is -3.54. The van der Waals surface area contributed by atoms with Gasteiger partial charge in [0.15, 0.2) is 6.04 Å². The van der Waals surface area contributed by atoms with E-state index in [-0.39, 0.29) is 36.4 Å². The Hall–Kier alpha value is -3.75. The molecule has 9 nitrogen and oxygen atoms in total. The van der Waals surface area contributed by atoms with Crippen LogP contribution in [0.15, 0.2) is 30.5 Å². The van der Waals surface area contributed by atoms with Crippen molar-refractivity contribution < 1.29 is 27.6 Å².